The molecule has 1 saturated heterocycles. The number of benzene rings is 1. The number of morpholine rings is 1. The largest absolute Gasteiger partial charge is 0.379 e. The number of hydrogen-bond acceptors (Lipinski definition) is 4. The maximum absolute atomic E-state index is 12.1. The Bertz CT molecular complexity index is 724. The second-order valence-corrected chi connectivity index (χ2v) is 8.49. The van der Waals surface area contributed by atoms with Crippen LogP contribution in [0.2, 0.25) is 0 Å². The van der Waals surface area contributed by atoms with Crippen molar-refractivity contribution in [2.45, 2.75) is 58.0 Å². The Morgan fingerprint density at radius 3 is 2.52 bits per heavy atom. The number of guanidine groups is 1. The third-order valence-electron chi connectivity index (χ3n) is 6.34. The van der Waals surface area contributed by atoms with Gasteiger partial charge in [0.05, 0.1) is 19.8 Å². The first-order chi connectivity index (χ1) is 15.2. The molecule has 0 atom stereocenters. The van der Waals surface area contributed by atoms with E-state index in [1.165, 1.54) is 32.1 Å². The fraction of sp³-hybridized carbons (Fsp3) is 0.667. The quantitative estimate of drug-likeness (QED) is 0.437. The highest BCUT2D eigenvalue weighted by molar-refractivity contribution is 5.94. The number of amides is 1. The van der Waals surface area contributed by atoms with Crippen LogP contribution < -0.4 is 16.0 Å². The predicted molar refractivity (Wildman–Crippen MR) is 125 cm³/mol. The maximum Gasteiger partial charge on any atom is 0.251 e. The summed E-state index contributed by atoms with van der Waals surface area (Å²) in [7, 11) is 0. The predicted octanol–water partition coefficient (Wildman–Crippen LogP) is 2.53. The maximum atomic E-state index is 12.1. The molecule has 0 aromatic heterocycles. The van der Waals surface area contributed by atoms with Crippen molar-refractivity contribution >= 4 is 11.9 Å². The lowest BCUT2D eigenvalue weighted by molar-refractivity contribution is -0.0352. The normalized spacial score (nSPS) is 19.6. The Morgan fingerprint density at radius 2 is 1.81 bits per heavy atom. The average Bonchev–Trinajstić information content (AvgIpc) is 2.82. The topological polar surface area (TPSA) is 78.0 Å². The lowest BCUT2D eigenvalue weighted by Crippen LogP contribution is -2.60. The van der Waals surface area contributed by atoms with E-state index in [-0.39, 0.29) is 11.4 Å². The lowest BCUT2D eigenvalue weighted by Gasteiger charge is -2.48. The molecule has 1 saturated carbocycles. The number of carbonyl (C=O) groups excluding carboxylic acids is 1. The Kier molecular flexibility index (Phi) is 9.15. The number of rotatable bonds is 8. The Hall–Kier alpha value is -2.12. The summed E-state index contributed by atoms with van der Waals surface area (Å²) in [5.41, 5.74) is 1.90. The van der Waals surface area contributed by atoms with Gasteiger partial charge in [-0.25, -0.2) is 4.99 Å². The summed E-state index contributed by atoms with van der Waals surface area (Å²) < 4.78 is 5.60. The molecule has 2 fully saturated rings. The highest BCUT2D eigenvalue weighted by Gasteiger charge is 2.38. The van der Waals surface area contributed by atoms with Gasteiger partial charge in [0.25, 0.3) is 5.91 Å². The van der Waals surface area contributed by atoms with Crippen molar-refractivity contribution < 1.29 is 9.53 Å². The first-order valence-corrected chi connectivity index (χ1v) is 11.9. The van der Waals surface area contributed by atoms with Gasteiger partial charge in [0.1, 0.15) is 0 Å². The number of nitrogens with one attached hydrogen (secondary N) is 3. The summed E-state index contributed by atoms with van der Waals surface area (Å²) in [5, 5.41) is 9.87. The van der Waals surface area contributed by atoms with Gasteiger partial charge in [-0.1, -0.05) is 31.4 Å². The van der Waals surface area contributed by atoms with Crippen LogP contribution in [-0.4, -0.2) is 68.2 Å². The van der Waals surface area contributed by atoms with Gasteiger partial charge in [0.2, 0.25) is 0 Å². The van der Waals surface area contributed by atoms with Crippen molar-refractivity contribution in [3.8, 4) is 0 Å². The van der Waals surface area contributed by atoms with E-state index in [9.17, 15) is 4.79 Å². The SMILES string of the molecule is CCNC(=O)c1cccc(CN=C(NCC)NCC2(N3CCOCC3)CCCCC2)c1. The number of nitrogens with zero attached hydrogens (tertiary/aromatic N) is 2. The van der Waals surface area contributed by atoms with Crippen LogP contribution in [0.1, 0.15) is 61.9 Å². The van der Waals surface area contributed by atoms with Crippen LogP contribution in [0.4, 0.5) is 0 Å². The van der Waals surface area contributed by atoms with Crippen molar-refractivity contribution in [1.82, 2.24) is 20.9 Å². The van der Waals surface area contributed by atoms with Gasteiger partial charge in [-0.2, -0.15) is 0 Å². The second-order valence-electron chi connectivity index (χ2n) is 8.49. The molecule has 3 N–H and O–H groups in total. The number of carbonyl (C=O) groups is 1. The fourth-order valence-electron chi connectivity index (χ4n) is 4.69. The molecule has 7 heteroatoms. The number of hydrogen-bond donors (Lipinski definition) is 3. The van der Waals surface area contributed by atoms with Gasteiger partial charge >= 0.3 is 0 Å². The van der Waals surface area contributed by atoms with Gasteiger partial charge in [-0.15, -0.1) is 0 Å². The minimum Gasteiger partial charge on any atom is -0.379 e. The molecule has 1 aliphatic carbocycles. The third-order valence-corrected chi connectivity index (χ3v) is 6.34. The van der Waals surface area contributed by atoms with E-state index in [1.54, 1.807) is 0 Å². The molecule has 31 heavy (non-hydrogen) atoms. The van der Waals surface area contributed by atoms with E-state index in [4.69, 9.17) is 9.73 Å². The molecular weight excluding hydrogens is 390 g/mol. The van der Waals surface area contributed by atoms with Gasteiger partial charge in [-0.3, -0.25) is 9.69 Å². The van der Waals surface area contributed by atoms with Crippen LogP contribution in [0.25, 0.3) is 0 Å². The van der Waals surface area contributed by atoms with Crippen LogP contribution in [0.3, 0.4) is 0 Å². The van der Waals surface area contributed by atoms with Crippen LogP contribution in [0.15, 0.2) is 29.3 Å². The van der Waals surface area contributed by atoms with Gasteiger partial charge < -0.3 is 20.7 Å². The van der Waals surface area contributed by atoms with Crippen molar-refractivity contribution in [2.24, 2.45) is 4.99 Å². The Morgan fingerprint density at radius 1 is 1.06 bits per heavy atom. The van der Waals surface area contributed by atoms with Gasteiger partial charge in [0.15, 0.2) is 5.96 Å². The Balaban J connectivity index is 1.66. The summed E-state index contributed by atoms with van der Waals surface area (Å²) in [5.74, 6) is 0.798. The van der Waals surface area contributed by atoms with Crippen LogP contribution >= 0.6 is 0 Å². The van der Waals surface area contributed by atoms with E-state index >= 15 is 0 Å². The second kappa shape index (κ2) is 12.1. The molecule has 1 aliphatic heterocycles. The summed E-state index contributed by atoms with van der Waals surface area (Å²) in [4.78, 5) is 19.6. The molecule has 1 amide bonds. The molecule has 1 aromatic rings. The van der Waals surface area contributed by atoms with E-state index in [1.807, 2.05) is 31.2 Å². The van der Waals surface area contributed by atoms with Crippen molar-refractivity contribution in [1.29, 1.82) is 0 Å². The zero-order valence-corrected chi connectivity index (χ0v) is 19.2. The molecular formula is C24H39N5O2. The standard InChI is InChI=1S/C24H39N5O2/c1-3-25-22(30)21-10-8-9-20(17-21)18-27-23(26-4-2)28-19-24(11-6-5-7-12-24)29-13-15-31-16-14-29/h8-10,17H,3-7,11-16,18-19H2,1-2H3,(H,25,30)(H2,26,27,28). The third kappa shape index (κ3) is 6.68. The minimum atomic E-state index is -0.0388. The van der Waals surface area contributed by atoms with E-state index in [2.05, 4.69) is 27.8 Å². The van der Waals surface area contributed by atoms with Crippen LogP contribution in [-0.2, 0) is 11.3 Å². The zero-order valence-electron chi connectivity index (χ0n) is 19.2. The highest BCUT2D eigenvalue weighted by Crippen LogP contribution is 2.33. The highest BCUT2D eigenvalue weighted by atomic mass is 16.5. The van der Waals surface area contributed by atoms with Gasteiger partial charge in [0, 0.05) is 43.8 Å². The first-order valence-electron chi connectivity index (χ1n) is 11.9. The molecule has 3 rings (SSSR count). The summed E-state index contributed by atoms with van der Waals surface area (Å²) >= 11 is 0. The molecule has 0 unspecified atom stereocenters. The summed E-state index contributed by atoms with van der Waals surface area (Å²) in [6, 6.07) is 7.71. The zero-order chi connectivity index (χ0) is 21.9. The van der Waals surface area contributed by atoms with E-state index < -0.39 is 0 Å². The lowest BCUT2D eigenvalue weighted by atomic mass is 9.80. The molecule has 0 bridgehead atoms. The monoisotopic (exact) mass is 429 g/mol. The Labute approximate surface area is 187 Å². The van der Waals surface area contributed by atoms with E-state index in [0.717, 1.165) is 50.9 Å². The first kappa shape index (κ1) is 23.5. The average molecular weight is 430 g/mol. The number of aliphatic imine (C=N–C) groups is 1. The summed E-state index contributed by atoms with van der Waals surface area (Å²) in [6.07, 6.45) is 6.38. The molecule has 1 aromatic carbocycles. The molecule has 172 valence electrons. The molecule has 7 nitrogen and oxygen atoms in total. The molecule has 0 spiro atoms. The molecule has 1 heterocycles. The van der Waals surface area contributed by atoms with E-state index in [0.29, 0.717) is 18.7 Å². The smallest absolute Gasteiger partial charge is 0.251 e. The van der Waals surface area contributed by atoms with Crippen LogP contribution in [0, 0.1) is 0 Å². The van der Waals surface area contributed by atoms with Crippen molar-refractivity contribution in [3.63, 3.8) is 0 Å². The van der Waals surface area contributed by atoms with Gasteiger partial charge in [-0.05, 0) is 44.4 Å². The minimum absolute atomic E-state index is 0.0388. The number of ether oxygens (including phenoxy) is 1. The van der Waals surface area contributed by atoms with Crippen LogP contribution in [0.5, 0.6) is 0 Å². The molecule has 2 aliphatic rings. The fourth-order valence-corrected chi connectivity index (χ4v) is 4.69. The summed E-state index contributed by atoms with van der Waals surface area (Å²) in [6.45, 7) is 10.6. The molecule has 0 radical (unpaired) electrons. The van der Waals surface area contributed by atoms with Crippen molar-refractivity contribution in [3.05, 3.63) is 35.4 Å². The van der Waals surface area contributed by atoms with Crippen molar-refractivity contribution in [2.75, 3.05) is 45.9 Å².